The first kappa shape index (κ1) is 27.1. The molecule has 2 unspecified atom stereocenters. The molecule has 0 spiro atoms. The maximum Gasteiger partial charge on any atom is 0.193 e. The zero-order valence-corrected chi connectivity index (χ0v) is 25.6. The summed E-state index contributed by atoms with van der Waals surface area (Å²) in [5.41, 5.74) is 17.6. The zero-order chi connectivity index (χ0) is 30.1. The van der Waals surface area contributed by atoms with Gasteiger partial charge in [0.2, 0.25) is 0 Å². The molecule has 3 aromatic rings. The Morgan fingerprint density at radius 1 is 0.614 bits per heavy atom. The average Bonchev–Trinajstić information content (AvgIpc) is 3.62. The summed E-state index contributed by atoms with van der Waals surface area (Å²) < 4.78 is 0. The van der Waals surface area contributed by atoms with Gasteiger partial charge in [-0.1, -0.05) is 167 Å². The van der Waals surface area contributed by atoms with E-state index >= 15 is 0 Å². The Balaban J connectivity index is 1.07. The highest BCUT2D eigenvalue weighted by Gasteiger charge is 2.31. The molecule has 3 radical (unpaired) electrons. The molecule has 2 aliphatic carbocycles. The van der Waals surface area contributed by atoms with Crippen molar-refractivity contribution in [3.63, 3.8) is 0 Å². The van der Waals surface area contributed by atoms with Crippen LogP contribution < -0.4 is 16.4 Å². The van der Waals surface area contributed by atoms with Gasteiger partial charge in [0.1, 0.15) is 0 Å². The van der Waals surface area contributed by atoms with E-state index in [1.54, 1.807) is 0 Å². The summed E-state index contributed by atoms with van der Waals surface area (Å²) in [6, 6.07) is 22.5. The molecule has 0 amide bonds. The van der Waals surface area contributed by atoms with Crippen molar-refractivity contribution in [2.75, 3.05) is 0 Å². The van der Waals surface area contributed by atoms with Gasteiger partial charge < -0.3 is 0 Å². The molecule has 44 heavy (non-hydrogen) atoms. The van der Waals surface area contributed by atoms with Crippen LogP contribution in [-0.2, 0) is 10.8 Å². The maximum atomic E-state index is 4.07. The van der Waals surface area contributed by atoms with Crippen molar-refractivity contribution in [1.29, 1.82) is 0 Å². The van der Waals surface area contributed by atoms with Crippen molar-refractivity contribution < 1.29 is 0 Å². The Hall–Kier alpha value is -4.49. The first-order chi connectivity index (χ1) is 21.4. The average molecular weight is 557 g/mol. The van der Waals surface area contributed by atoms with Crippen molar-refractivity contribution in [3.8, 4) is 11.1 Å². The maximum absolute atomic E-state index is 4.07. The molecule has 205 valence electrons. The highest BCUT2D eigenvalue weighted by atomic mass is 14.3. The van der Waals surface area contributed by atoms with Gasteiger partial charge in [-0.05, 0) is 65.3 Å². The summed E-state index contributed by atoms with van der Waals surface area (Å²) in [5, 5.41) is 0. The van der Waals surface area contributed by atoms with Gasteiger partial charge in [0.15, 0.2) is 21.8 Å². The van der Waals surface area contributed by atoms with Gasteiger partial charge in [0, 0.05) is 10.8 Å². The Labute approximate surface area is 264 Å². The van der Waals surface area contributed by atoms with E-state index in [0.717, 1.165) is 0 Å². The topological polar surface area (TPSA) is 0 Å². The van der Waals surface area contributed by atoms with Crippen molar-refractivity contribution in [2.45, 2.75) is 31.6 Å². The molecule has 3 heteroatoms. The summed E-state index contributed by atoms with van der Waals surface area (Å²) in [7, 11) is 6.94. The first-order valence-electron chi connectivity index (χ1n) is 15.6. The summed E-state index contributed by atoms with van der Waals surface area (Å²) in [4.78, 5) is 0. The van der Waals surface area contributed by atoms with E-state index < -0.39 is 0 Å². The predicted octanol–water partition coefficient (Wildman–Crippen LogP) is 6.83. The van der Waals surface area contributed by atoms with Crippen molar-refractivity contribution in [3.05, 3.63) is 178 Å². The molecule has 3 aromatic carbocycles. The van der Waals surface area contributed by atoms with Crippen LogP contribution in [0.25, 0.3) is 16.7 Å². The van der Waals surface area contributed by atoms with Crippen molar-refractivity contribution in [2.24, 2.45) is 0 Å². The highest BCUT2D eigenvalue weighted by Crippen LogP contribution is 2.41. The van der Waals surface area contributed by atoms with E-state index in [2.05, 4.69) is 171 Å². The predicted molar refractivity (Wildman–Crippen MR) is 192 cm³/mol. The minimum Gasteiger partial charge on any atom is -0.0985 e. The molecule has 0 fully saturated rings. The Morgan fingerprint density at radius 2 is 1.18 bits per heavy atom. The van der Waals surface area contributed by atoms with Crippen LogP contribution in [0.1, 0.15) is 37.5 Å². The largest absolute Gasteiger partial charge is 0.193 e. The summed E-state index contributed by atoms with van der Waals surface area (Å²) >= 11 is 0. The minimum absolute atomic E-state index is 0.194. The Morgan fingerprint density at radius 3 is 1.82 bits per heavy atom. The van der Waals surface area contributed by atoms with Gasteiger partial charge in [0.25, 0.3) is 0 Å². The molecule has 2 atom stereocenters. The molecule has 0 saturated heterocycles. The molecule has 5 aliphatic rings. The smallest absolute Gasteiger partial charge is 0.0985 e. The van der Waals surface area contributed by atoms with Crippen LogP contribution >= 0.6 is 0 Å². The fourth-order valence-corrected chi connectivity index (χ4v) is 7.32. The Bertz CT molecular complexity index is 2040. The molecule has 3 aliphatic heterocycles. The highest BCUT2D eigenvalue weighted by molar-refractivity contribution is 6.73. The number of allylic oxidation sites excluding steroid dienone is 17. The third kappa shape index (κ3) is 4.17. The molecular weight excluding hydrogens is 525 g/mol. The van der Waals surface area contributed by atoms with Crippen LogP contribution in [-0.4, -0.2) is 21.8 Å². The van der Waals surface area contributed by atoms with E-state index in [9.17, 15) is 0 Å². The lowest BCUT2D eigenvalue weighted by molar-refractivity contribution is 0.759. The molecule has 0 saturated carbocycles. The third-order valence-corrected chi connectivity index (χ3v) is 10.0. The summed E-state index contributed by atoms with van der Waals surface area (Å²) in [5.74, 6) is 0. The van der Waals surface area contributed by atoms with Gasteiger partial charge in [-0.15, -0.1) is 0 Å². The fourth-order valence-electron chi connectivity index (χ4n) is 7.32. The van der Waals surface area contributed by atoms with E-state index in [-0.39, 0.29) is 10.8 Å². The second-order valence-electron chi connectivity index (χ2n) is 12.8. The SMILES string of the molecule is C=CC1=C(/C=C\C)[B]c2cc(C3(C)C=CC4=C(C=C3)C3=C([B]4)C=CC(C)(c4ccc5c(c4)[B]c4ccccc4-5)C=C3)ccc21. The second-order valence-corrected chi connectivity index (χ2v) is 12.8. The van der Waals surface area contributed by atoms with E-state index in [4.69, 9.17) is 0 Å². The Kier molecular flexibility index (Phi) is 6.18. The first-order valence-corrected chi connectivity index (χ1v) is 15.6. The fraction of sp³-hybridized carbons (Fsp3) is 0.122. The van der Waals surface area contributed by atoms with Gasteiger partial charge >= 0.3 is 0 Å². The van der Waals surface area contributed by atoms with Gasteiger partial charge in [-0.2, -0.15) is 0 Å². The normalized spacial score (nSPS) is 23.9. The monoisotopic (exact) mass is 557 g/mol. The van der Waals surface area contributed by atoms with Crippen molar-refractivity contribution in [1.82, 2.24) is 0 Å². The number of hydrogen-bond donors (Lipinski definition) is 0. The lowest BCUT2D eigenvalue weighted by Crippen LogP contribution is -2.24. The lowest BCUT2D eigenvalue weighted by Gasteiger charge is -2.24. The van der Waals surface area contributed by atoms with Crippen LogP contribution in [0.2, 0.25) is 0 Å². The lowest BCUT2D eigenvalue weighted by atomic mass is 9.64. The minimum atomic E-state index is -0.212. The number of hydrogen-bond acceptors (Lipinski definition) is 0. The molecule has 0 N–H and O–H groups in total. The third-order valence-electron chi connectivity index (χ3n) is 10.0. The molecule has 0 bridgehead atoms. The van der Waals surface area contributed by atoms with E-state index in [1.165, 1.54) is 77.3 Å². The molecule has 0 nitrogen and oxygen atoms in total. The van der Waals surface area contributed by atoms with Crippen LogP contribution in [0.3, 0.4) is 0 Å². The van der Waals surface area contributed by atoms with Crippen LogP contribution in [0.5, 0.6) is 0 Å². The van der Waals surface area contributed by atoms with Crippen LogP contribution in [0.15, 0.2) is 162 Å². The van der Waals surface area contributed by atoms with Crippen LogP contribution in [0.4, 0.5) is 0 Å². The standard InChI is InChI=1S/C41H32B3/c1-5-9-34-28(6-2)30-14-12-26(24-38(30)43-34)40(3)20-16-32-33-17-21-41(4,23-19-37(33)42-36(32)18-22-40)27-13-15-31-29-10-7-8-11-35(29)44-39(31)25-27/h5-25H,2H2,1,3-4H3/b9-5-. The number of benzene rings is 3. The van der Waals surface area contributed by atoms with Gasteiger partial charge in [0.05, 0.1) is 0 Å². The summed E-state index contributed by atoms with van der Waals surface area (Å²) in [6.07, 6.45) is 25.0. The molecule has 8 rings (SSSR count). The van der Waals surface area contributed by atoms with Gasteiger partial charge in [-0.3, -0.25) is 0 Å². The zero-order valence-electron chi connectivity index (χ0n) is 25.6. The summed E-state index contributed by atoms with van der Waals surface area (Å²) in [6.45, 7) is 10.8. The van der Waals surface area contributed by atoms with Crippen molar-refractivity contribution >= 4 is 43.8 Å². The van der Waals surface area contributed by atoms with Crippen LogP contribution in [0, 0.1) is 0 Å². The second kappa shape index (κ2) is 10.0. The van der Waals surface area contributed by atoms with E-state index in [1.807, 2.05) is 6.08 Å². The number of rotatable bonds is 4. The molecule has 3 heterocycles. The molecule has 0 aromatic heterocycles. The molecular formula is C41H32B3. The van der Waals surface area contributed by atoms with Gasteiger partial charge in [-0.25, -0.2) is 0 Å². The quantitative estimate of drug-likeness (QED) is 0.242. The van der Waals surface area contributed by atoms with E-state index in [0.29, 0.717) is 0 Å². The number of fused-ring (bicyclic) bond motifs is 5.